The van der Waals surface area contributed by atoms with Crippen LogP contribution in [-0.2, 0) is 6.54 Å². The molecule has 1 aromatic heterocycles. The molecule has 0 saturated heterocycles. The second kappa shape index (κ2) is 5.36. The number of benzene rings is 1. The molecule has 19 heavy (non-hydrogen) atoms. The van der Waals surface area contributed by atoms with Crippen LogP contribution < -0.4 is 5.56 Å². The van der Waals surface area contributed by atoms with Gasteiger partial charge >= 0.3 is 0 Å². The van der Waals surface area contributed by atoms with Gasteiger partial charge in [-0.2, -0.15) is 5.10 Å². The van der Waals surface area contributed by atoms with Crippen LogP contribution in [0, 0.1) is 6.92 Å². The summed E-state index contributed by atoms with van der Waals surface area (Å²) in [5.41, 5.74) is 2.02. The number of nitrogens with zero attached hydrogens (tertiary/aromatic N) is 2. The molecule has 5 heteroatoms. The van der Waals surface area contributed by atoms with Gasteiger partial charge in [0, 0.05) is 12.1 Å². The summed E-state index contributed by atoms with van der Waals surface area (Å²) in [5.74, 6) is 0. The van der Waals surface area contributed by atoms with Crippen molar-refractivity contribution in [3.8, 4) is 11.3 Å². The Balaban J connectivity index is 2.64. The Kier molecular flexibility index (Phi) is 3.81. The largest absolute Gasteiger partial charge is 0.278 e. The van der Waals surface area contributed by atoms with Crippen LogP contribution in [0.3, 0.4) is 0 Å². The lowest BCUT2D eigenvalue weighted by Gasteiger charge is -2.07. The number of aryl methyl sites for hydroxylation is 2. The highest BCUT2D eigenvalue weighted by molar-refractivity contribution is 6.67. The second-order valence-electron chi connectivity index (χ2n) is 4.20. The number of aromatic nitrogens is 2. The van der Waals surface area contributed by atoms with Crippen molar-refractivity contribution in [2.45, 2.75) is 20.4 Å². The van der Waals surface area contributed by atoms with E-state index < -0.39 is 10.8 Å². The Morgan fingerprint density at radius 3 is 2.47 bits per heavy atom. The molecule has 0 fully saturated rings. The van der Waals surface area contributed by atoms with E-state index in [1.54, 1.807) is 6.92 Å². The summed E-state index contributed by atoms with van der Waals surface area (Å²) in [6.07, 6.45) is 0. The third-order valence-electron chi connectivity index (χ3n) is 2.83. The first-order chi connectivity index (χ1) is 9.02. The average Bonchev–Trinajstić information content (AvgIpc) is 2.39. The van der Waals surface area contributed by atoms with Crippen molar-refractivity contribution >= 4 is 16.8 Å². The zero-order chi connectivity index (χ0) is 14.0. The molecule has 0 atom stereocenters. The van der Waals surface area contributed by atoms with Crippen molar-refractivity contribution in [2.24, 2.45) is 0 Å². The summed E-state index contributed by atoms with van der Waals surface area (Å²) in [6.45, 7) is 4.16. The van der Waals surface area contributed by atoms with Crippen LogP contribution in [0.4, 0.5) is 0 Å². The van der Waals surface area contributed by atoms with E-state index in [1.165, 1.54) is 10.7 Å². The fraction of sp³-hybridized carbons (Fsp3) is 0.214. The van der Waals surface area contributed by atoms with Gasteiger partial charge in [0.25, 0.3) is 10.8 Å². The summed E-state index contributed by atoms with van der Waals surface area (Å²) in [6, 6.07) is 9.12. The number of carbonyl (C=O) groups is 1. The van der Waals surface area contributed by atoms with Crippen molar-refractivity contribution in [1.82, 2.24) is 9.78 Å². The van der Waals surface area contributed by atoms with Gasteiger partial charge in [0.05, 0.1) is 5.69 Å². The van der Waals surface area contributed by atoms with Gasteiger partial charge in [0.15, 0.2) is 0 Å². The Bertz CT molecular complexity index is 675. The third-order valence-corrected chi connectivity index (χ3v) is 3.04. The maximum atomic E-state index is 11.9. The number of rotatable bonds is 3. The molecule has 98 valence electrons. The Morgan fingerprint density at radius 1 is 1.32 bits per heavy atom. The molecule has 0 aliphatic carbocycles. The Morgan fingerprint density at radius 2 is 1.95 bits per heavy atom. The first-order valence-corrected chi connectivity index (χ1v) is 6.29. The molecule has 0 bridgehead atoms. The summed E-state index contributed by atoms with van der Waals surface area (Å²) in [7, 11) is 0. The maximum Gasteiger partial charge on any atom is 0.278 e. The van der Waals surface area contributed by atoms with Crippen LogP contribution in [0.15, 0.2) is 35.1 Å². The zero-order valence-electron chi connectivity index (χ0n) is 10.7. The van der Waals surface area contributed by atoms with Gasteiger partial charge in [-0.15, -0.1) is 0 Å². The zero-order valence-corrected chi connectivity index (χ0v) is 11.4. The van der Waals surface area contributed by atoms with Crippen LogP contribution in [0.5, 0.6) is 0 Å². The number of hydrogen-bond donors (Lipinski definition) is 0. The predicted octanol–water partition coefficient (Wildman–Crippen LogP) is 2.62. The molecule has 2 aromatic rings. The summed E-state index contributed by atoms with van der Waals surface area (Å²) >= 11 is 5.44. The molecule has 1 heterocycles. The van der Waals surface area contributed by atoms with Crippen LogP contribution in [0.2, 0.25) is 0 Å². The average molecular weight is 277 g/mol. The highest BCUT2D eigenvalue weighted by Crippen LogP contribution is 2.17. The predicted molar refractivity (Wildman–Crippen MR) is 74.5 cm³/mol. The highest BCUT2D eigenvalue weighted by Gasteiger charge is 2.13. The molecular weight excluding hydrogens is 264 g/mol. The molecule has 0 radical (unpaired) electrons. The van der Waals surface area contributed by atoms with Gasteiger partial charge in [0.1, 0.15) is 5.56 Å². The van der Waals surface area contributed by atoms with Crippen molar-refractivity contribution < 1.29 is 4.79 Å². The molecule has 0 unspecified atom stereocenters. The Labute approximate surface area is 115 Å². The highest BCUT2D eigenvalue weighted by atomic mass is 35.5. The van der Waals surface area contributed by atoms with Crippen molar-refractivity contribution in [3.63, 3.8) is 0 Å². The van der Waals surface area contributed by atoms with E-state index >= 15 is 0 Å². The van der Waals surface area contributed by atoms with E-state index in [-0.39, 0.29) is 5.56 Å². The molecule has 1 aromatic carbocycles. The van der Waals surface area contributed by atoms with E-state index in [1.807, 2.05) is 31.2 Å². The van der Waals surface area contributed by atoms with E-state index in [9.17, 15) is 9.59 Å². The molecule has 0 saturated carbocycles. The van der Waals surface area contributed by atoms with Gasteiger partial charge in [-0.3, -0.25) is 9.59 Å². The number of halogens is 1. The second-order valence-corrected chi connectivity index (χ2v) is 4.55. The molecule has 4 nitrogen and oxygen atoms in total. The number of hydrogen-bond acceptors (Lipinski definition) is 3. The minimum Gasteiger partial charge on any atom is -0.275 e. The van der Waals surface area contributed by atoms with Crippen LogP contribution in [-0.4, -0.2) is 15.0 Å². The maximum absolute atomic E-state index is 11.9. The normalized spacial score (nSPS) is 10.5. The van der Waals surface area contributed by atoms with Crippen molar-refractivity contribution in [3.05, 3.63) is 51.8 Å². The summed E-state index contributed by atoms with van der Waals surface area (Å²) < 4.78 is 1.24. The van der Waals surface area contributed by atoms with Crippen LogP contribution in [0.1, 0.15) is 22.8 Å². The van der Waals surface area contributed by atoms with Crippen LogP contribution >= 0.6 is 11.6 Å². The molecule has 0 N–H and O–H groups in total. The standard InChI is InChI=1S/C14H13ClN2O2/c1-3-17-14(19)11(13(15)18)8-12(16-17)10-6-4-9(2)5-7-10/h4-8H,3H2,1-2H3. The molecule has 2 rings (SSSR count). The first-order valence-electron chi connectivity index (χ1n) is 5.92. The quantitative estimate of drug-likeness (QED) is 0.810. The lowest BCUT2D eigenvalue weighted by molar-refractivity contribution is 0.107. The first kappa shape index (κ1) is 13.5. The van der Waals surface area contributed by atoms with Crippen LogP contribution in [0.25, 0.3) is 11.3 Å². The van der Waals surface area contributed by atoms with E-state index in [2.05, 4.69) is 5.10 Å². The van der Waals surface area contributed by atoms with Gasteiger partial charge in [0.2, 0.25) is 0 Å². The summed E-state index contributed by atoms with van der Waals surface area (Å²) in [4.78, 5) is 23.2. The minimum atomic E-state index is -0.761. The smallest absolute Gasteiger partial charge is 0.275 e. The topological polar surface area (TPSA) is 52.0 Å². The lowest BCUT2D eigenvalue weighted by Crippen LogP contribution is -2.27. The SMILES string of the molecule is CCn1nc(-c2ccc(C)cc2)cc(C(=O)Cl)c1=O. The van der Waals surface area contributed by atoms with E-state index in [0.29, 0.717) is 12.2 Å². The van der Waals surface area contributed by atoms with E-state index in [4.69, 9.17) is 11.6 Å². The van der Waals surface area contributed by atoms with Gasteiger partial charge in [-0.05, 0) is 31.5 Å². The van der Waals surface area contributed by atoms with Crippen molar-refractivity contribution in [2.75, 3.05) is 0 Å². The molecule has 0 aliphatic rings. The molecule has 0 spiro atoms. The monoisotopic (exact) mass is 276 g/mol. The molecular formula is C14H13ClN2O2. The fourth-order valence-electron chi connectivity index (χ4n) is 1.76. The third kappa shape index (κ3) is 2.74. The molecule has 0 aliphatic heterocycles. The van der Waals surface area contributed by atoms with Gasteiger partial charge in [-0.1, -0.05) is 29.8 Å². The molecule has 0 amide bonds. The number of carbonyl (C=O) groups excluding carboxylic acids is 1. The van der Waals surface area contributed by atoms with Crippen molar-refractivity contribution in [1.29, 1.82) is 0 Å². The Hall–Kier alpha value is -1.94. The minimum absolute atomic E-state index is 0.0471. The van der Waals surface area contributed by atoms with Gasteiger partial charge < -0.3 is 0 Å². The van der Waals surface area contributed by atoms with E-state index in [0.717, 1.165) is 11.1 Å². The summed E-state index contributed by atoms with van der Waals surface area (Å²) in [5, 5.41) is 3.47. The lowest BCUT2D eigenvalue weighted by atomic mass is 10.1. The fourth-order valence-corrected chi connectivity index (χ4v) is 1.90. The van der Waals surface area contributed by atoms with Gasteiger partial charge in [-0.25, -0.2) is 4.68 Å².